The van der Waals surface area contributed by atoms with E-state index in [0.717, 1.165) is 22.2 Å². The molecule has 2 aromatic carbocycles. The predicted molar refractivity (Wildman–Crippen MR) is 141 cm³/mol. The first-order chi connectivity index (χ1) is 17.4. The maximum atomic E-state index is 13.6. The highest BCUT2D eigenvalue weighted by Crippen LogP contribution is 2.30. The first kappa shape index (κ1) is 26.2. The number of rotatable bonds is 7. The molecule has 192 valence electrons. The SMILES string of the molecule is Cn1c(-c2ccc(Cl)cc2)cc2cc(NC(=O)c3cc(CNC(=O)C(C)(C)N)cnc3C(F)F)ccc21. The molecule has 0 fully saturated rings. The van der Waals surface area contributed by atoms with E-state index in [1.165, 1.54) is 12.3 Å². The standard InChI is InChI=1S/C27H26ClF2N5O2/c1-27(2,31)26(37)33-14-15-10-20(23(24(29)30)32-13-15)25(36)34-19-8-9-21-17(11-19)12-22(35(21)3)16-4-6-18(28)7-5-16/h4-13,24H,14,31H2,1-3H3,(H,33,37)(H,34,36). The summed E-state index contributed by atoms with van der Waals surface area (Å²) >= 11 is 6.01. The highest BCUT2D eigenvalue weighted by molar-refractivity contribution is 6.30. The Labute approximate surface area is 217 Å². The number of anilines is 1. The fraction of sp³-hybridized carbons (Fsp3) is 0.222. The van der Waals surface area contributed by atoms with Gasteiger partial charge in [0.1, 0.15) is 5.69 Å². The minimum absolute atomic E-state index is 0.0142. The lowest BCUT2D eigenvalue weighted by molar-refractivity contribution is -0.125. The Morgan fingerprint density at radius 2 is 1.81 bits per heavy atom. The molecule has 0 aliphatic carbocycles. The second-order valence-corrected chi connectivity index (χ2v) is 9.74. The van der Waals surface area contributed by atoms with Crippen LogP contribution in [0.25, 0.3) is 22.2 Å². The number of pyridine rings is 1. The minimum atomic E-state index is -2.95. The van der Waals surface area contributed by atoms with E-state index in [4.69, 9.17) is 17.3 Å². The zero-order valence-electron chi connectivity index (χ0n) is 20.5. The Kier molecular flexibility index (Phi) is 7.29. The molecule has 0 aliphatic heterocycles. The average Bonchev–Trinajstić information content (AvgIpc) is 3.17. The Bertz CT molecular complexity index is 1480. The zero-order chi connectivity index (χ0) is 26.9. The van der Waals surface area contributed by atoms with Crippen LogP contribution in [-0.4, -0.2) is 26.9 Å². The lowest BCUT2D eigenvalue weighted by Crippen LogP contribution is -2.48. The van der Waals surface area contributed by atoms with Crippen molar-refractivity contribution in [3.63, 3.8) is 0 Å². The third kappa shape index (κ3) is 5.79. The Morgan fingerprint density at radius 1 is 1.11 bits per heavy atom. The molecule has 2 amide bonds. The van der Waals surface area contributed by atoms with Gasteiger partial charge in [0, 0.05) is 47.1 Å². The molecule has 2 heterocycles. The van der Waals surface area contributed by atoms with Crippen molar-refractivity contribution in [2.45, 2.75) is 32.4 Å². The van der Waals surface area contributed by atoms with E-state index in [1.807, 2.05) is 48.0 Å². The van der Waals surface area contributed by atoms with Crippen LogP contribution in [0, 0.1) is 0 Å². The average molecular weight is 526 g/mol. The van der Waals surface area contributed by atoms with Crippen LogP contribution in [0.5, 0.6) is 0 Å². The molecule has 4 N–H and O–H groups in total. The number of carbonyl (C=O) groups is 2. The van der Waals surface area contributed by atoms with Gasteiger partial charge >= 0.3 is 0 Å². The van der Waals surface area contributed by atoms with Crippen molar-refractivity contribution in [2.75, 3.05) is 5.32 Å². The summed E-state index contributed by atoms with van der Waals surface area (Å²) in [7, 11) is 1.93. The van der Waals surface area contributed by atoms with E-state index in [-0.39, 0.29) is 12.1 Å². The maximum absolute atomic E-state index is 13.6. The Balaban J connectivity index is 1.59. The van der Waals surface area contributed by atoms with Gasteiger partial charge in [0.2, 0.25) is 5.91 Å². The van der Waals surface area contributed by atoms with Crippen molar-refractivity contribution in [1.82, 2.24) is 14.9 Å². The molecule has 0 saturated heterocycles. The molecule has 0 saturated carbocycles. The van der Waals surface area contributed by atoms with Gasteiger partial charge in [0.05, 0.1) is 11.1 Å². The molecule has 0 aliphatic rings. The van der Waals surface area contributed by atoms with Crippen LogP contribution in [0.4, 0.5) is 14.5 Å². The van der Waals surface area contributed by atoms with Gasteiger partial charge in [-0.25, -0.2) is 8.78 Å². The number of fused-ring (bicyclic) bond motifs is 1. The lowest BCUT2D eigenvalue weighted by atomic mass is 10.1. The summed E-state index contributed by atoms with van der Waals surface area (Å²) in [6.45, 7) is 3.07. The van der Waals surface area contributed by atoms with Crippen LogP contribution in [0.3, 0.4) is 0 Å². The van der Waals surface area contributed by atoms with Crippen molar-refractivity contribution in [2.24, 2.45) is 12.8 Å². The van der Waals surface area contributed by atoms with E-state index in [9.17, 15) is 18.4 Å². The van der Waals surface area contributed by atoms with E-state index in [2.05, 4.69) is 15.6 Å². The van der Waals surface area contributed by atoms with E-state index in [1.54, 1.807) is 26.0 Å². The third-order valence-electron chi connectivity index (χ3n) is 5.91. The quantitative estimate of drug-likeness (QED) is 0.299. The van der Waals surface area contributed by atoms with E-state index < -0.39 is 29.5 Å². The fourth-order valence-electron chi connectivity index (χ4n) is 3.90. The topological polar surface area (TPSA) is 102 Å². The van der Waals surface area contributed by atoms with E-state index in [0.29, 0.717) is 16.3 Å². The number of hydrogen-bond acceptors (Lipinski definition) is 4. The maximum Gasteiger partial charge on any atom is 0.281 e. The molecule has 0 unspecified atom stereocenters. The summed E-state index contributed by atoms with van der Waals surface area (Å²) in [5.74, 6) is -1.16. The lowest BCUT2D eigenvalue weighted by Gasteiger charge is -2.18. The number of aromatic nitrogens is 2. The number of halogens is 3. The minimum Gasteiger partial charge on any atom is -0.350 e. The molecular weight excluding hydrogens is 500 g/mol. The number of nitrogens with zero attached hydrogens (tertiary/aromatic N) is 2. The summed E-state index contributed by atoms with van der Waals surface area (Å²) in [4.78, 5) is 28.9. The number of nitrogens with one attached hydrogen (secondary N) is 2. The third-order valence-corrected chi connectivity index (χ3v) is 6.16. The van der Waals surface area contributed by atoms with Gasteiger partial charge in [-0.1, -0.05) is 23.7 Å². The fourth-order valence-corrected chi connectivity index (χ4v) is 4.03. The normalized spacial score (nSPS) is 11.7. The van der Waals surface area contributed by atoms with Gasteiger partial charge < -0.3 is 20.9 Å². The molecule has 7 nitrogen and oxygen atoms in total. The molecular formula is C27H26ClF2N5O2. The highest BCUT2D eigenvalue weighted by Gasteiger charge is 2.23. The summed E-state index contributed by atoms with van der Waals surface area (Å²) in [5.41, 5.74) is 7.42. The first-order valence-corrected chi connectivity index (χ1v) is 11.8. The second-order valence-electron chi connectivity index (χ2n) is 9.30. The molecule has 0 radical (unpaired) electrons. The van der Waals surface area contributed by atoms with Gasteiger partial charge in [-0.3, -0.25) is 14.6 Å². The number of benzene rings is 2. The molecule has 0 spiro atoms. The van der Waals surface area contributed by atoms with Crippen LogP contribution in [0.2, 0.25) is 5.02 Å². The van der Waals surface area contributed by atoms with Gasteiger partial charge in [0.25, 0.3) is 12.3 Å². The van der Waals surface area contributed by atoms with Gasteiger partial charge in [-0.05, 0) is 67.4 Å². The van der Waals surface area contributed by atoms with Gasteiger partial charge in [-0.2, -0.15) is 0 Å². The Morgan fingerprint density at radius 3 is 2.46 bits per heavy atom. The molecule has 4 aromatic rings. The monoisotopic (exact) mass is 525 g/mol. The largest absolute Gasteiger partial charge is 0.350 e. The highest BCUT2D eigenvalue weighted by atomic mass is 35.5. The molecule has 10 heteroatoms. The number of carbonyl (C=O) groups excluding carboxylic acids is 2. The van der Waals surface area contributed by atoms with Crippen LogP contribution >= 0.6 is 11.6 Å². The number of aryl methyl sites for hydroxylation is 1. The van der Waals surface area contributed by atoms with Crippen LogP contribution in [0.1, 0.15) is 41.9 Å². The molecule has 0 atom stereocenters. The second kappa shape index (κ2) is 10.3. The van der Waals surface area contributed by atoms with Crippen LogP contribution in [0.15, 0.2) is 60.8 Å². The van der Waals surface area contributed by atoms with Crippen molar-refractivity contribution in [3.05, 3.63) is 82.6 Å². The van der Waals surface area contributed by atoms with Crippen molar-refractivity contribution >= 4 is 40.0 Å². The van der Waals surface area contributed by atoms with E-state index >= 15 is 0 Å². The number of alkyl halides is 2. The molecule has 4 rings (SSSR count). The smallest absolute Gasteiger partial charge is 0.281 e. The molecule has 2 aromatic heterocycles. The summed E-state index contributed by atoms with van der Waals surface area (Å²) in [5, 5.41) is 6.80. The zero-order valence-corrected chi connectivity index (χ0v) is 21.2. The number of amides is 2. The summed E-state index contributed by atoms with van der Waals surface area (Å²) < 4.78 is 29.3. The number of hydrogen-bond donors (Lipinski definition) is 3. The van der Waals surface area contributed by atoms with Crippen molar-refractivity contribution in [1.29, 1.82) is 0 Å². The Hall–Kier alpha value is -3.82. The van der Waals surface area contributed by atoms with Crippen LogP contribution < -0.4 is 16.4 Å². The summed E-state index contributed by atoms with van der Waals surface area (Å²) in [6, 6.07) is 16.1. The van der Waals surface area contributed by atoms with Gasteiger partial charge in [-0.15, -0.1) is 0 Å². The summed E-state index contributed by atoms with van der Waals surface area (Å²) in [6.07, 6.45) is -1.75. The predicted octanol–water partition coefficient (Wildman–Crippen LogP) is 5.44. The van der Waals surface area contributed by atoms with Crippen molar-refractivity contribution in [3.8, 4) is 11.3 Å². The molecule has 37 heavy (non-hydrogen) atoms. The first-order valence-electron chi connectivity index (χ1n) is 11.4. The molecule has 0 bridgehead atoms. The van der Waals surface area contributed by atoms with Crippen molar-refractivity contribution < 1.29 is 18.4 Å². The van der Waals surface area contributed by atoms with Crippen LogP contribution in [-0.2, 0) is 18.4 Å². The number of nitrogens with two attached hydrogens (primary N) is 1. The van der Waals surface area contributed by atoms with Gasteiger partial charge in [0.15, 0.2) is 0 Å².